The molecule has 1 aliphatic rings. The number of rotatable bonds is 4. The number of hydrogen-bond donors (Lipinski definition) is 2. The lowest BCUT2D eigenvalue weighted by Crippen LogP contribution is -2.46. The minimum Gasteiger partial charge on any atom is -0.481 e. The largest absolute Gasteiger partial charge is 0.481 e. The molecule has 1 aromatic carbocycles. The van der Waals surface area contributed by atoms with Crippen LogP contribution in [-0.2, 0) is 9.59 Å². The van der Waals surface area contributed by atoms with E-state index in [2.05, 4.69) is 0 Å². The SMILES string of the molecule is O=C(O)C[C@@H](C(=O)O)N1C(=O)c2c(Cl)c(Cl)c(Cl)c(Cl)c2C1=O. The predicted octanol–water partition coefficient (Wildman–Crippen LogP) is 2.82. The maximum Gasteiger partial charge on any atom is 0.327 e. The summed E-state index contributed by atoms with van der Waals surface area (Å²) < 4.78 is 0. The zero-order chi connectivity index (χ0) is 17.6. The molecule has 0 radical (unpaired) electrons. The molecule has 0 unspecified atom stereocenters. The maximum absolute atomic E-state index is 12.4. The molecule has 0 aliphatic carbocycles. The van der Waals surface area contributed by atoms with Gasteiger partial charge in [0.2, 0.25) is 0 Å². The highest BCUT2D eigenvalue weighted by molar-refractivity contribution is 6.55. The number of nitrogens with zero attached hydrogens (tertiary/aromatic N) is 1. The van der Waals surface area contributed by atoms with Gasteiger partial charge in [0.1, 0.15) is 6.04 Å². The summed E-state index contributed by atoms with van der Waals surface area (Å²) in [6, 6.07) is -1.93. The molecule has 2 rings (SSSR count). The van der Waals surface area contributed by atoms with E-state index in [4.69, 9.17) is 56.6 Å². The molecule has 0 spiro atoms. The third-order valence-corrected chi connectivity index (χ3v) is 4.90. The summed E-state index contributed by atoms with van der Waals surface area (Å²) in [6.45, 7) is 0. The molecule has 0 aromatic heterocycles. The van der Waals surface area contributed by atoms with Gasteiger partial charge in [-0.15, -0.1) is 0 Å². The van der Waals surface area contributed by atoms with Crippen molar-refractivity contribution in [2.45, 2.75) is 12.5 Å². The Hall–Kier alpha value is -1.54. The molecule has 7 nitrogen and oxygen atoms in total. The Balaban J connectivity index is 2.66. The molecule has 0 bridgehead atoms. The topological polar surface area (TPSA) is 112 Å². The van der Waals surface area contributed by atoms with Crippen molar-refractivity contribution in [1.29, 1.82) is 0 Å². The molecular formula is C12H5Cl4NO6. The third kappa shape index (κ3) is 2.74. The molecule has 23 heavy (non-hydrogen) atoms. The molecule has 1 aliphatic heterocycles. The fourth-order valence-electron chi connectivity index (χ4n) is 2.10. The monoisotopic (exact) mass is 399 g/mol. The van der Waals surface area contributed by atoms with Crippen LogP contribution in [0.1, 0.15) is 27.1 Å². The quantitative estimate of drug-likeness (QED) is 0.456. The maximum atomic E-state index is 12.4. The number of carbonyl (C=O) groups excluding carboxylic acids is 2. The second-order valence-corrected chi connectivity index (χ2v) is 5.95. The van der Waals surface area contributed by atoms with Crippen molar-refractivity contribution in [2.24, 2.45) is 0 Å². The molecule has 1 atom stereocenters. The van der Waals surface area contributed by atoms with Crippen molar-refractivity contribution in [3.05, 3.63) is 31.2 Å². The third-order valence-electron chi connectivity index (χ3n) is 3.10. The molecule has 2 amide bonds. The Bertz CT molecular complexity index is 731. The van der Waals surface area contributed by atoms with Gasteiger partial charge in [0, 0.05) is 0 Å². The van der Waals surface area contributed by atoms with E-state index in [1.807, 2.05) is 0 Å². The number of carboxylic acid groups (broad SMARTS) is 2. The van der Waals surface area contributed by atoms with Crippen molar-refractivity contribution in [3.8, 4) is 0 Å². The molecule has 1 aromatic rings. The average molecular weight is 401 g/mol. The average Bonchev–Trinajstić information content (AvgIpc) is 2.71. The Labute approximate surface area is 148 Å². The predicted molar refractivity (Wildman–Crippen MR) is 80.7 cm³/mol. The van der Waals surface area contributed by atoms with Crippen molar-refractivity contribution in [1.82, 2.24) is 4.90 Å². The van der Waals surface area contributed by atoms with Gasteiger partial charge in [-0.25, -0.2) is 4.79 Å². The Kier molecular flexibility index (Phi) is 4.77. The number of halogens is 4. The Morgan fingerprint density at radius 3 is 1.57 bits per heavy atom. The van der Waals surface area contributed by atoms with Gasteiger partial charge in [-0.1, -0.05) is 46.4 Å². The van der Waals surface area contributed by atoms with E-state index in [1.165, 1.54) is 0 Å². The highest BCUT2D eigenvalue weighted by Crippen LogP contribution is 2.45. The molecule has 122 valence electrons. The molecule has 0 fully saturated rings. The van der Waals surface area contributed by atoms with Gasteiger partial charge in [-0.2, -0.15) is 0 Å². The Morgan fingerprint density at radius 1 is 0.870 bits per heavy atom. The van der Waals surface area contributed by atoms with Crippen LogP contribution in [-0.4, -0.2) is 44.9 Å². The molecule has 1 heterocycles. The minimum atomic E-state index is -1.93. The van der Waals surface area contributed by atoms with Gasteiger partial charge in [0.05, 0.1) is 37.6 Å². The lowest BCUT2D eigenvalue weighted by Gasteiger charge is -2.20. The second kappa shape index (κ2) is 6.16. The molecule has 0 saturated heterocycles. The highest BCUT2D eigenvalue weighted by Gasteiger charge is 2.47. The second-order valence-electron chi connectivity index (χ2n) is 4.44. The summed E-state index contributed by atoms with van der Waals surface area (Å²) in [6.07, 6.45) is -0.989. The van der Waals surface area contributed by atoms with Crippen molar-refractivity contribution in [2.75, 3.05) is 0 Å². The van der Waals surface area contributed by atoms with Crippen LogP contribution in [0.2, 0.25) is 20.1 Å². The van der Waals surface area contributed by atoms with E-state index in [-0.39, 0.29) is 25.0 Å². The van der Waals surface area contributed by atoms with E-state index in [1.54, 1.807) is 0 Å². The number of carbonyl (C=O) groups is 4. The number of hydrogen-bond acceptors (Lipinski definition) is 4. The van der Waals surface area contributed by atoms with Gasteiger partial charge >= 0.3 is 11.9 Å². The normalized spacial score (nSPS) is 14.9. The van der Waals surface area contributed by atoms with Crippen LogP contribution in [0, 0.1) is 0 Å². The first-order valence-electron chi connectivity index (χ1n) is 5.78. The summed E-state index contributed by atoms with van der Waals surface area (Å²) in [5.41, 5.74) is -0.819. The van der Waals surface area contributed by atoms with E-state index >= 15 is 0 Å². The van der Waals surface area contributed by atoms with Crippen molar-refractivity contribution < 1.29 is 29.4 Å². The zero-order valence-corrected chi connectivity index (χ0v) is 13.8. The van der Waals surface area contributed by atoms with Gasteiger partial charge in [0.25, 0.3) is 11.8 Å². The van der Waals surface area contributed by atoms with E-state index in [9.17, 15) is 19.2 Å². The summed E-state index contributed by atoms with van der Waals surface area (Å²) >= 11 is 23.4. The molecule has 11 heteroatoms. The summed E-state index contributed by atoms with van der Waals surface area (Å²) in [5.74, 6) is -5.40. The lowest BCUT2D eigenvalue weighted by atomic mass is 10.1. The fraction of sp³-hybridized carbons (Fsp3) is 0.167. The smallest absolute Gasteiger partial charge is 0.327 e. The van der Waals surface area contributed by atoms with E-state index in [0.29, 0.717) is 0 Å². The first-order chi connectivity index (χ1) is 10.6. The van der Waals surface area contributed by atoms with Crippen LogP contribution >= 0.6 is 46.4 Å². The van der Waals surface area contributed by atoms with Crippen molar-refractivity contribution >= 4 is 70.2 Å². The fourth-order valence-corrected chi connectivity index (χ4v) is 3.12. The summed E-state index contributed by atoms with van der Waals surface area (Å²) in [7, 11) is 0. The first kappa shape index (κ1) is 17.8. The first-order valence-corrected chi connectivity index (χ1v) is 7.29. The molecular weight excluding hydrogens is 396 g/mol. The zero-order valence-electron chi connectivity index (χ0n) is 10.8. The van der Waals surface area contributed by atoms with Gasteiger partial charge < -0.3 is 10.2 Å². The van der Waals surface area contributed by atoms with Gasteiger partial charge in [-0.05, 0) is 0 Å². The summed E-state index contributed by atoms with van der Waals surface area (Å²) in [5, 5.41) is 16.6. The lowest BCUT2D eigenvalue weighted by molar-refractivity contribution is -0.147. The highest BCUT2D eigenvalue weighted by atomic mass is 35.5. The van der Waals surface area contributed by atoms with Gasteiger partial charge in [0.15, 0.2) is 0 Å². The number of amides is 2. The Morgan fingerprint density at radius 2 is 1.26 bits per heavy atom. The van der Waals surface area contributed by atoms with Gasteiger partial charge in [-0.3, -0.25) is 19.3 Å². The van der Waals surface area contributed by atoms with E-state index < -0.39 is 47.3 Å². The van der Waals surface area contributed by atoms with Crippen LogP contribution < -0.4 is 0 Å². The minimum absolute atomic E-state index is 0.269. The number of benzene rings is 1. The number of aliphatic carboxylic acids is 2. The van der Waals surface area contributed by atoms with Crippen LogP contribution in [0.5, 0.6) is 0 Å². The van der Waals surface area contributed by atoms with E-state index in [0.717, 1.165) is 0 Å². The number of imide groups is 1. The number of fused-ring (bicyclic) bond motifs is 1. The van der Waals surface area contributed by atoms with Crippen LogP contribution in [0.15, 0.2) is 0 Å². The van der Waals surface area contributed by atoms with Crippen LogP contribution in [0.25, 0.3) is 0 Å². The molecule has 0 saturated carbocycles. The number of carboxylic acids is 2. The summed E-state index contributed by atoms with van der Waals surface area (Å²) in [4.78, 5) is 47.1. The molecule has 2 N–H and O–H groups in total. The van der Waals surface area contributed by atoms with Crippen LogP contribution in [0.3, 0.4) is 0 Å². The standard InChI is InChI=1S/C12H5Cl4NO6/c13-6-4-5(7(14)9(16)8(6)15)11(21)17(10(4)20)2(12(22)23)1-3(18)19/h2H,1H2,(H,18,19)(H,22,23)/t2-/m0/s1. The van der Waals surface area contributed by atoms with Crippen molar-refractivity contribution in [3.63, 3.8) is 0 Å². The van der Waals surface area contributed by atoms with Crippen LogP contribution in [0.4, 0.5) is 0 Å².